The first-order chi connectivity index (χ1) is 15.5. The number of carbonyl (C=O) groups is 2. The maximum Gasteiger partial charge on any atom is 0.253 e. The van der Waals surface area contributed by atoms with Crippen molar-refractivity contribution in [2.75, 3.05) is 26.2 Å². The molecule has 2 fully saturated rings. The van der Waals surface area contributed by atoms with Crippen molar-refractivity contribution in [1.82, 2.24) is 20.1 Å². The minimum absolute atomic E-state index is 0.0553. The number of hydrogen-bond acceptors (Lipinski definition) is 4. The van der Waals surface area contributed by atoms with Gasteiger partial charge in [0.15, 0.2) is 0 Å². The van der Waals surface area contributed by atoms with Gasteiger partial charge in [-0.3, -0.25) is 19.5 Å². The number of benzene rings is 1. The highest BCUT2D eigenvalue weighted by atomic mass is 35.5. The molecular formula is C24H28Cl2N4O2. The quantitative estimate of drug-likeness (QED) is 0.686. The summed E-state index contributed by atoms with van der Waals surface area (Å²) in [5.41, 5.74) is 1.39. The minimum Gasteiger partial charge on any atom is -0.349 e. The van der Waals surface area contributed by atoms with E-state index < -0.39 is 0 Å². The van der Waals surface area contributed by atoms with Gasteiger partial charge in [0.2, 0.25) is 5.91 Å². The van der Waals surface area contributed by atoms with Crippen LogP contribution in [0.1, 0.15) is 41.7 Å². The van der Waals surface area contributed by atoms with Crippen molar-refractivity contribution in [2.45, 2.75) is 38.3 Å². The van der Waals surface area contributed by atoms with Gasteiger partial charge in [-0.1, -0.05) is 42.1 Å². The Labute approximate surface area is 198 Å². The second-order valence-electron chi connectivity index (χ2n) is 8.49. The summed E-state index contributed by atoms with van der Waals surface area (Å²) in [6, 6.07) is 10.5. The van der Waals surface area contributed by atoms with Gasteiger partial charge in [-0.2, -0.15) is 0 Å². The smallest absolute Gasteiger partial charge is 0.253 e. The molecule has 1 aliphatic carbocycles. The Morgan fingerprint density at radius 1 is 1.03 bits per heavy atom. The third kappa shape index (κ3) is 5.42. The molecule has 1 saturated heterocycles. The fourth-order valence-corrected chi connectivity index (χ4v) is 5.05. The average molecular weight is 475 g/mol. The topological polar surface area (TPSA) is 65.5 Å². The summed E-state index contributed by atoms with van der Waals surface area (Å²) in [4.78, 5) is 34.5. The molecule has 6 nitrogen and oxygen atoms in total. The molecule has 0 spiro atoms. The number of nitrogens with one attached hydrogen (secondary N) is 1. The number of aromatic nitrogens is 1. The molecule has 0 radical (unpaired) electrons. The van der Waals surface area contributed by atoms with Crippen LogP contribution < -0.4 is 5.32 Å². The van der Waals surface area contributed by atoms with Gasteiger partial charge in [0.1, 0.15) is 0 Å². The molecule has 1 aromatic carbocycles. The first kappa shape index (κ1) is 23.0. The molecule has 1 N–H and O–H groups in total. The van der Waals surface area contributed by atoms with Gasteiger partial charge in [0.25, 0.3) is 5.91 Å². The number of halogens is 2. The summed E-state index contributed by atoms with van der Waals surface area (Å²) < 4.78 is 0. The maximum atomic E-state index is 13.2. The molecule has 170 valence electrons. The molecular weight excluding hydrogens is 447 g/mol. The summed E-state index contributed by atoms with van der Waals surface area (Å²) in [5.74, 6) is 0.364. The standard InChI is InChI=1S/C24H28Cl2N4O2/c25-20-9-8-18(15-21(20)26)24(32)30-13-11-29(12-14-30)22(17-5-1-2-6-17)23(31)28-16-19-7-3-4-10-27-19/h3-4,7-10,15,17,22H,1-2,5-6,11-14,16H2,(H,28,31). The first-order valence-electron chi connectivity index (χ1n) is 11.2. The molecule has 2 amide bonds. The molecule has 32 heavy (non-hydrogen) atoms. The van der Waals surface area contributed by atoms with Crippen molar-refractivity contribution >= 4 is 35.0 Å². The molecule has 1 saturated carbocycles. The Kier molecular flexibility index (Phi) is 7.66. The molecule has 2 heterocycles. The summed E-state index contributed by atoms with van der Waals surface area (Å²) in [6.45, 7) is 2.93. The zero-order chi connectivity index (χ0) is 22.5. The monoisotopic (exact) mass is 474 g/mol. The van der Waals surface area contributed by atoms with Crippen LogP contribution in [0.3, 0.4) is 0 Å². The lowest BCUT2D eigenvalue weighted by atomic mass is 9.95. The Morgan fingerprint density at radius 2 is 1.78 bits per heavy atom. The Bertz CT molecular complexity index is 942. The summed E-state index contributed by atoms with van der Waals surface area (Å²) in [5, 5.41) is 3.91. The fourth-order valence-electron chi connectivity index (χ4n) is 4.75. The molecule has 2 aromatic rings. The normalized spacial score (nSPS) is 18.5. The van der Waals surface area contributed by atoms with Gasteiger partial charge >= 0.3 is 0 Å². The predicted octanol–water partition coefficient (Wildman–Crippen LogP) is 4.02. The molecule has 1 atom stereocenters. The van der Waals surface area contributed by atoms with E-state index in [4.69, 9.17) is 23.2 Å². The van der Waals surface area contributed by atoms with Crippen LogP contribution in [0.5, 0.6) is 0 Å². The van der Waals surface area contributed by atoms with Gasteiger partial charge in [-0.25, -0.2) is 0 Å². The summed E-state index contributed by atoms with van der Waals surface area (Å²) >= 11 is 12.1. The van der Waals surface area contributed by atoms with Gasteiger partial charge in [0, 0.05) is 37.9 Å². The third-order valence-corrected chi connectivity index (χ3v) is 7.19. The first-order valence-corrected chi connectivity index (χ1v) is 11.9. The Morgan fingerprint density at radius 3 is 2.44 bits per heavy atom. The number of pyridine rings is 1. The molecule has 4 rings (SSSR count). The molecule has 1 aromatic heterocycles. The van der Waals surface area contributed by atoms with Crippen molar-refractivity contribution in [3.8, 4) is 0 Å². The van der Waals surface area contributed by atoms with E-state index >= 15 is 0 Å². The van der Waals surface area contributed by atoms with E-state index in [1.165, 1.54) is 12.8 Å². The van der Waals surface area contributed by atoms with Crippen LogP contribution in [0.4, 0.5) is 0 Å². The SMILES string of the molecule is O=C(NCc1ccccn1)C(C1CCCC1)N1CCN(C(=O)c2ccc(Cl)c(Cl)c2)CC1. The van der Waals surface area contributed by atoms with E-state index in [0.29, 0.717) is 54.3 Å². The van der Waals surface area contributed by atoms with Crippen molar-refractivity contribution in [3.63, 3.8) is 0 Å². The van der Waals surface area contributed by atoms with Gasteiger partial charge in [-0.05, 0) is 49.1 Å². The van der Waals surface area contributed by atoms with E-state index in [-0.39, 0.29) is 17.9 Å². The second-order valence-corrected chi connectivity index (χ2v) is 9.30. The van der Waals surface area contributed by atoms with Crippen LogP contribution in [0.25, 0.3) is 0 Å². The Hall–Kier alpha value is -2.15. The maximum absolute atomic E-state index is 13.2. The number of carbonyl (C=O) groups excluding carboxylic acids is 2. The number of hydrogen-bond donors (Lipinski definition) is 1. The summed E-state index contributed by atoms with van der Waals surface area (Å²) in [7, 11) is 0. The van der Waals surface area contributed by atoms with Crippen LogP contribution in [0.2, 0.25) is 10.0 Å². The van der Waals surface area contributed by atoms with Crippen molar-refractivity contribution in [3.05, 3.63) is 63.9 Å². The lowest BCUT2D eigenvalue weighted by Gasteiger charge is -2.40. The van der Waals surface area contributed by atoms with Gasteiger partial charge < -0.3 is 10.2 Å². The van der Waals surface area contributed by atoms with Crippen LogP contribution in [-0.2, 0) is 11.3 Å². The fraction of sp³-hybridized carbons (Fsp3) is 0.458. The van der Waals surface area contributed by atoms with E-state index in [1.807, 2.05) is 23.1 Å². The largest absolute Gasteiger partial charge is 0.349 e. The lowest BCUT2D eigenvalue weighted by Crippen LogP contribution is -2.57. The molecule has 0 bridgehead atoms. The highest BCUT2D eigenvalue weighted by molar-refractivity contribution is 6.42. The van der Waals surface area contributed by atoms with Crippen LogP contribution >= 0.6 is 23.2 Å². The van der Waals surface area contributed by atoms with Crippen molar-refractivity contribution in [1.29, 1.82) is 0 Å². The number of piperazine rings is 1. The number of rotatable bonds is 6. The third-order valence-electron chi connectivity index (χ3n) is 6.45. The number of amides is 2. The average Bonchev–Trinajstić information content (AvgIpc) is 3.35. The number of nitrogens with zero attached hydrogens (tertiary/aromatic N) is 3. The zero-order valence-electron chi connectivity index (χ0n) is 18.0. The second kappa shape index (κ2) is 10.6. The molecule has 8 heteroatoms. The lowest BCUT2D eigenvalue weighted by molar-refractivity contribution is -0.129. The highest BCUT2D eigenvalue weighted by Gasteiger charge is 2.37. The van der Waals surface area contributed by atoms with Crippen molar-refractivity contribution in [2.24, 2.45) is 5.92 Å². The van der Waals surface area contributed by atoms with Crippen molar-refractivity contribution < 1.29 is 9.59 Å². The van der Waals surface area contributed by atoms with Gasteiger partial charge in [-0.15, -0.1) is 0 Å². The predicted molar refractivity (Wildman–Crippen MR) is 126 cm³/mol. The van der Waals surface area contributed by atoms with E-state index in [9.17, 15) is 9.59 Å². The Balaban J connectivity index is 1.39. The van der Waals surface area contributed by atoms with Crippen LogP contribution in [-0.4, -0.2) is 58.8 Å². The molecule has 1 unspecified atom stereocenters. The zero-order valence-corrected chi connectivity index (χ0v) is 19.5. The highest BCUT2D eigenvalue weighted by Crippen LogP contribution is 2.31. The summed E-state index contributed by atoms with van der Waals surface area (Å²) in [6.07, 6.45) is 6.23. The minimum atomic E-state index is -0.163. The van der Waals surface area contributed by atoms with Crippen LogP contribution in [0, 0.1) is 5.92 Å². The van der Waals surface area contributed by atoms with Crippen LogP contribution in [0.15, 0.2) is 42.6 Å². The van der Waals surface area contributed by atoms with Gasteiger partial charge in [0.05, 0.1) is 28.3 Å². The molecule has 1 aliphatic heterocycles. The van der Waals surface area contributed by atoms with E-state index in [0.717, 1.165) is 18.5 Å². The molecule has 2 aliphatic rings. The van der Waals surface area contributed by atoms with E-state index in [2.05, 4.69) is 15.2 Å². The van der Waals surface area contributed by atoms with E-state index in [1.54, 1.807) is 24.4 Å².